The number of rotatable bonds is 18. The van der Waals surface area contributed by atoms with Crippen LogP contribution in [-0.2, 0) is 33.7 Å². The molecule has 0 spiro atoms. The predicted octanol–water partition coefficient (Wildman–Crippen LogP) is 7.08. The zero-order valence-electron chi connectivity index (χ0n) is 36.1. The van der Waals surface area contributed by atoms with Crippen molar-refractivity contribution < 1.29 is 29.3 Å². The van der Waals surface area contributed by atoms with E-state index in [9.17, 15) is 29.4 Å². The number of ether oxygens (including phenoxy) is 1. The highest BCUT2D eigenvalue weighted by Crippen LogP contribution is 2.30. The number of nitrogens with zero attached hydrogens (tertiary/aromatic N) is 2. The summed E-state index contributed by atoms with van der Waals surface area (Å²) in [5.74, 6) is -0.0867. The van der Waals surface area contributed by atoms with Crippen LogP contribution in [0.1, 0.15) is 54.0 Å². The van der Waals surface area contributed by atoms with Gasteiger partial charge in [-0.1, -0.05) is 91.0 Å². The van der Waals surface area contributed by atoms with Gasteiger partial charge < -0.3 is 40.4 Å². The van der Waals surface area contributed by atoms with Crippen molar-refractivity contribution in [2.45, 2.75) is 57.3 Å². The molecule has 64 heavy (non-hydrogen) atoms. The van der Waals surface area contributed by atoms with Gasteiger partial charge in [0.05, 0.1) is 17.3 Å². The summed E-state index contributed by atoms with van der Waals surface area (Å²) >= 11 is 0. The lowest BCUT2D eigenvalue weighted by atomic mass is 10.0. The molecule has 7 rings (SSSR count). The highest BCUT2D eigenvalue weighted by molar-refractivity contribution is 5.93. The van der Waals surface area contributed by atoms with Crippen LogP contribution in [0.3, 0.4) is 0 Å². The number of aromatic hydroxyl groups is 1. The molecule has 5 aromatic carbocycles. The molecule has 0 radical (unpaired) electrons. The summed E-state index contributed by atoms with van der Waals surface area (Å²) in [6.07, 6.45) is 1.96. The largest absolute Gasteiger partial charge is 0.506 e. The number of fused-ring (bicyclic) bond motifs is 1. The number of carbonyl (C=O) groups is 3. The van der Waals surface area contributed by atoms with Gasteiger partial charge in [-0.3, -0.25) is 19.7 Å². The SMILES string of the molecule is CN(C(=O)CCN1CCC(OC(=O)Nc2ccccc2-c2ccccc2)CC1)c1ccc(CNC(=O)CCc2cccc(CCNC[C@H](O)c3ccc(O)c4[nH]c(=O)ccc34)c2)cc1. The number of amides is 3. The summed E-state index contributed by atoms with van der Waals surface area (Å²) in [4.78, 5) is 57.0. The minimum Gasteiger partial charge on any atom is -0.506 e. The molecule has 332 valence electrons. The molecule has 0 bridgehead atoms. The van der Waals surface area contributed by atoms with E-state index < -0.39 is 12.2 Å². The van der Waals surface area contributed by atoms with Gasteiger partial charge in [-0.05, 0) is 90.4 Å². The number of piperidine rings is 1. The minimum atomic E-state index is -0.833. The van der Waals surface area contributed by atoms with Crippen molar-refractivity contribution in [1.82, 2.24) is 20.5 Å². The Labute approximate surface area is 373 Å². The maximum atomic E-state index is 13.1. The number of anilines is 2. The summed E-state index contributed by atoms with van der Waals surface area (Å²) in [6.45, 7) is 3.41. The lowest BCUT2D eigenvalue weighted by Crippen LogP contribution is -2.40. The third-order valence-electron chi connectivity index (χ3n) is 11.7. The minimum absolute atomic E-state index is 0.00912. The zero-order chi connectivity index (χ0) is 44.8. The molecule has 0 aliphatic carbocycles. The number of para-hydroxylation sites is 1. The molecule has 3 amide bonds. The number of aryl methyl sites for hydroxylation is 1. The molecule has 6 aromatic rings. The molecule has 1 atom stereocenters. The van der Waals surface area contributed by atoms with E-state index in [0.717, 1.165) is 53.0 Å². The second-order valence-electron chi connectivity index (χ2n) is 16.2. The van der Waals surface area contributed by atoms with E-state index >= 15 is 0 Å². The van der Waals surface area contributed by atoms with E-state index in [4.69, 9.17) is 4.74 Å². The maximum Gasteiger partial charge on any atom is 0.411 e. The molecular formula is C51H56N6O7. The van der Waals surface area contributed by atoms with Gasteiger partial charge >= 0.3 is 6.09 Å². The van der Waals surface area contributed by atoms with Crippen molar-refractivity contribution >= 4 is 40.2 Å². The lowest BCUT2D eigenvalue weighted by Gasteiger charge is -2.31. The van der Waals surface area contributed by atoms with E-state index in [1.165, 1.54) is 12.1 Å². The Bertz CT molecular complexity index is 2570. The fraction of sp³-hybridized carbons (Fsp3) is 0.294. The van der Waals surface area contributed by atoms with Crippen LogP contribution < -0.4 is 26.4 Å². The van der Waals surface area contributed by atoms with Crippen molar-refractivity contribution in [1.29, 1.82) is 0 Å². The first-order valence-corrected chi connectivity index (χ1v) is 21.9. The normalized spacial score (nSPS) is 13.6. The molecule has 13 heteroatoms. The van der Waals surface area contributed by atoms with Crippen LogP contribution in [0.2, 0.25) is 0 Å². The van der Waals surface area contributed by atoms with Crippen LogP contribution in [0.25, 0.3) is 22.0 Å². The fourth-order valence-electron chi connectivity index (χ4n) is 8.02. The first-order chi connectivity index (χ1) is 31.1. The van der Waals surface area contributed by atoms with E-state index in [0.29, 0.717) is 80.4 Å². The summed E-state index contributed by atoms with van der Waals surface area (Å²) in [6, 6.07) is 39.4. The monoisotopic (exact) mass is 864 g/mol. The Morgan fingerprint density at radius 3 is 2.34 bits per heavy atom. The molecule has 6 N–H and O–H groups in total. The number of H-pyrrole nitrogens is 1. The third-order valence-corrected chi connectivity index (χ3v) is 11.7. The number of hydrogen-bond donors (Lipinski definition) is 6. The molecule has 1 aliphatic rings. The van der Waals surface area contributed by atoms with Crippen molar-refractivity contribution in [2.24, 2.45) is 0 Å². The van der Waals surface area contributed by atoms with Gasteiger partial charge in [0.15, 0.2) is 0 Å². The van der Waals surface area contributed by atoms with Gasteiger partial charge in [-0.2, -0.15) is 0 Å². The Morgan fingerprint density at radius 2 is 1.56 bits per heavy atom. The highest BCUT2D eigenvalue weighted by Gasteiger charge is 2.24. The lowest BCUT2D eigenvalue weighted by molar-refractivity contribution is -0.121. The van der Waals surface area contributed by atoms with E-state index in [1.54, 1.807) is 24.1 Å². The molecule has 1 fully saturated rings. The van der Waals surface area contributed by atoms with Crippen LogP contribution in [0.5, 0.6) is 5.75 Å². The van der Waals surface area contributed by atoms with Crippen LogP contribution in [-0.4, -0.2) is 83.9 Å². The summed E-state index contributed by atoms with van der Waals surface area (Å²) in [5.41, 5.74) is 7.14. The van der Waals surface area contributed by atoms with Crippen LogP contribution in [0.4, 0.5) is 16.2 Å². The van der Waals surface area contributed by atoms with Crippen molar-refractivity contribution in [2.75, 3.05) is 50.0 Å². The van der Waals surface area contributed by atoms with E-state index in [2.05, 4.69) is 31.9 Å². The number of aromatic nitrogens is 1. The van der Waals surface area contributed by atoms with Crippen molar-refractivity contribution in [3.63, 3.8) is 0 Å². The quantitative estimate of drug-likeness (QED) is 0.0493. The number of carbonyl (C=O) groups excluding carboxylic acids is 3. The number of likely N-dealkylation sites (tertiary alicyclic amines) is 1. The third kappa shape index (κ3) is 12.4. The number of aliphatic hydroxyl groups excluding tert-OH is 1. The molecular weight excluding hydrogens is 809 g/mol. The molecule has 1 saturated heterocycles. The van der Waals surface area contributed by atoms with Gasteiger partial charge in [0.2, 0.25) is 17.4 Å². The van der Waals surface area contributed by atoms with Crippen LogP contribution in [0.15, 0.2) is 132 Å². The number of aromatic amines is 1. The van der Waals surface area contributed by atoms with Crippen LogP contribution >= 0.6 is 0 Å². The Morgan fingerprint density at radius 1 is 0.828 bits per heavy atom. The van der Waals surface area contributed by atoms with E-state index in [1.807, 2.05) is 97.1 Å². The average Bonchev–Trinajstić information content (AvgIpc) is 3.32. The number of nitrogens with one attached hydrogen (secondary N) is 4. The van der Waals surface area contributed by atoms with Gasteiger partial charge in [-0.15, -0.1) is 0 Å². The highest BCUT2D eigenvalue weighted by atomic mass is 16.6. The summed E-state index contributed by atoms with van der Waals surface area (Å²) < 4.78 is 5.78. The van der Waals surface area contributed by atoms with Gasteiger partial charge in [0.25, 0.3) is 0 Å². The maximum absolute atomic E-state index is 13.1. The van der Waals surface area contributed by atoms with Gasteiger partial charge in [0, 0.05) is 75.3 Å². The summed E-state index contributed by atoms with van der Waals surface area (Å²) in [7, 11) is 1.77. The van der Waals surface area contributed by atoms with Gasteiger partial charge in [0.1, 0.15) is 11.9 Å². The first-order valence-electron chi connectivity index (χ1n) is 21.9. The molecule has 1 aliphatic heterocycles. The zero-order valence-corrected chi connectivity index (χ0v) is 36.1. The average molecular weight is 865 g/mol. The second kappa shape index (κ2) is 22.0. The Kier molecular flexibility index (Phi) is 15.6. The van der Waals surface area contributed by atoms with Gasteiger partial charge in [-0.25, -0.2) is 4.79 Å². The number of hydrogen-bond acceptors (Lipinski definition) is 9. The van der Waals surface area contributed by atoms with E-state index in [-0.39, 0.29) is 29.2 Å². The Balaban J connectivity index is 0.765. The molecule has 2 heterocycles. The van der Waals surface area contributed by atoms with Crippen molar-refractivity contribution in [3.8, 4) is 16.9 Å². The molecule has 0 unspecified atom stereocenters. The molecule has 13 nitrogen and oxygen atoms in total. The number of phenolic OH excluding ortho intramolecular Hbond substituents is 1. The predicted molar refractivity (Wildman–Crippen MR) is 250 cm³/mol. The smallest absolute Gasteiger partial charge is 0.411 e. The summed E-state index contributed by atoms with van der Waals surface area (Å²) in [5, 5.41) is 30.8. The molecule has 0 saturated carbocycles. The number of aliphatic hydroxyl groups is 1. The fourth-order valence-corrected chi connectivity index (χ4v) is 8.02. The number of benzene rings is 5. The standard InChI is InChI=1S/C51H56N6O7/c1-56(49(62)27-31-57-29-25-40(26-30-57)64-51(63)54-44-13-6-5-12-41(44)38-10-3-2-4-11-38)39-17-14-37(15-18-39)33-53-47(60)22-16-35-8-7-9-36(32-35)24-28-52-34-46(59)42-19-21-45(58)50-43(42)20-23-48(61)55-50/h2-15,17-21,23,32,40,46,52,58-59H,16,22,24-31,33-34H2,1H3,(H,53,60)(H,54,63)(H,55,61)/t46-/m0/s1. The Hall–Kier alpha value is -6.80. The number of phenols is 1. The topological polar surface area (TPSA) is 176 Å². The number of pyridine rings is 1. The first kappa shape index (κ1) is 45.2. The second-order valence-corrected chi connectivity index (χ2v) is 16.2. The van der Waals surface area contributed by atoms with Crippen molar-refractivity contribution in [3.05, 3.63) is 160 Å². The molecule has 1 aromatic heterocycles. The van der Waals surface area contributed by atoms with Crippen LogP contribution in [0, 0.1) is 0 Å².